The molecule has 1 amide bonds. The van der Waals surface area contributed by atoms with Crippen LogP contribution in [0.15, 0.2) is 35.5 Å². The lowest BCUT2D eigenvalue weighted by Crippen LogP contribution is -2.49. The lowest BCUT2D eigenvalue weighted by Gasteiger charge is -2.34. The van der Waals surface area contributed by atoms with Gasteiger partial charge in [-0.3, -0.25) is 4.79 Å². The van der Waals surface area contributed by atoms with E-state index in [1.807, 2.05) is 11.9 Å². The SMILES string of the molecule is CSc1cccc2sc(N3CCN(C(=O)c4nccn4C)CC3)nc12. The summed E-state index contributed by atoms with van der Waals surface area (Å²) in [6.07, 6.45) is 5.54. The molecule has 0 atom stereocenters. The summed E-state index contributed by atoms with van der Waals surface area (Å²) in [4.78, 5) is 26.9. The van der Waals surface area contributed by atoms with Crippen molar-refractivity contribution in [2.24, 2.45) is 7.05 Å². The average Bonchev–Trinajstić information content (AvgIpc) is 3.27. The summed E-state index contributed by atoms with van der Waals surface area (Å²) in [5, 5.41) is 1.04. The second kappa shape index (κ2) is 6.68. The Kier molecular flexibility index (Phi) is 4.39. The number of thioether (sulfide) groups is 1. The maximum Gasteiger partial charge on any atom is 0.289 e. The summed E-state index contributed by atoms with van der Waals surface area (Å²) in [7, 11) is 1.85. The maximum absolute atomic E-state index is 12.6. The van der Waals surface area contributed by atoms with Gasteiger partial charge in [0.1, 0.15) is 0 Å². The molecule has 0 spiro atoms. The second-order valence-corrected chi connectivity index (χ2v) is 7.80. The molecule has 1 fully saturated rings. The number of aryl methyl sites for hydroxylation is 1. The fraction of sp³-hybridized carbons (Fsp3) is 0.353. The molecule has 4 rings (SSSR count). The summed E-state index contributed by atoms with van der Waals surface area (Å²) >= 11 is 3.45. The van der Waals surface area contributed by atoms with Gasteiger partial charge < -0.3 is 14.4 Å². The first-order valence-electron chi connectivity index (χ1n) is 8.12. The van der Waals surface area contributed by atoms with E-state index in [0.717, 1.165) is 23.7 Å². The first-order valence-corrected chi connectivity index (χ1v) is 10.2. The molecule has 130 valence electrons. The molecule has 0 radical (unpaired) electrons. The van der Waals surface area contributed by atoms with Crippen LogP contribution in [0.1, 0.15) is 10.6 Å². The zero-order chi connectivity index (χ0) is 17.4. The zero-order valence-electron chi connectivity index (χ0n) is 14.2. The van der Waals surface area contributed by atoms with Gasteiger partial charge in [-0.15, -0.1) is 11.8 Å². The van der Waals surface area contributed by atoms with Gasteiger partial charge in [0.25, 0.3) is 5.91 Å². The van der Waals surface area contributed by atoms with Gasteiger partial charge in [0, 0.05) is 50.5 Å². The Morgan fingerprint density at radius 1 is 1.24 bits per heavy atom. The molecule has 25 heavy (non-hydrogen) atoms. The number of hydrogen-bond acceptors (Lipinski definition) is 6. The predicted molar refractivity (Wildman–Crippen MR) is 103 cm³/mol. The van der Waals surface area contributed by atoms with Gasteiger partial charge >= 0.3 is 0 Å². The Balaban J connectivity index is 1.49. The number of imidazole rings is 1. The largest absolute Gasteiger partial charge is 0.345 e. The number of piperazine rings is 1. The highest BCUT2D eigenvalue weighted by Crippen LogP contribution is 2.34. The number of amides is 1. The van der Waals surface area contributed by atoms with Crippen molar-refractivity contribution in [1.29, 1.82) is 0 Å². The molecule has 1 saturated heterocycles. The summed E-state index contributed by atoms with van der Waals surface area (Å²) < 4.78 is 2.99. The highest BCUT2D eigenvalue weighted by Gasteiger charge is 2.26. The van der Waals surface area contributed by atoms with Gasteiger partial charge in [-0.25, -0.2) is 9.97 Å². The summed E-state index contributed by atoms with van der Waals surface area (Å²) in [5.41, 5.74) is 1.08. The standard InChI is InChI=1S/C17H19N5OS2/c1-20-7-6-18-15(20)16(23)21-8-10-22(11-9-21)17-19-14-12(24-2)4-3-5-13(14)25-17/h3-7H,8-11H2,1-2H3. The quantitative estimate of drug-likeness (QED) is 0.661. The molecule has 3 heterocycles. The van der Waals surface area contributed by atoms with E-state index >= 15 is 0 Å². The summed E-state index contributed by atoms with van der Waals surface area (Å²) in [5.74, 6) is 0.499. The minimum absolute atomic E-state index is 0.00104. The number of rotatable bonds is 3. The molecule has 0 N–H and O–H groups in total. The molecule has 2 aromatic heterocycles. The van der Waals surface area contributed by atoms with E-state index in [-0.39, 0.29) is 5.91 Å². The van der Waals surface area contributed by atoms with Crippen LogP contribution >= 0.6 is 23.1 Å². The van der Waals surface area contributed by atoms with Gasteiger partial charge in [-0.05, 0) is 18.4 Å². The molecule has 1 aliphatic rings. The van der Waals surface area contributed by atoms with Crippen LogP contribution in [-0.4, -0.2) is 57.8 Å². The van der Waals surface area contributed by atoms with Crippen LogP contribution in [0, 0.1) is 0 Å². The van der Waals surface area contributed by atoms with Crippen LogP contribution in [0.2, 0.25) is 0 Å². The van der Waals surface area contributed by atoms with Gasteiger partial charge in [0.05, 0.1) is 10.2 Å². The van der Waals surface area contributed by atoms with Crippen molar-refractivity contribution >= 4 is 44.4 Å². The molecule has 8 heteroatoms. The Hall–Kier alpha value is -2.06. The molecule has 3 aromatic rings. The highest BCUT2D eigenvalue weighted by atomic mass is 32.2. The van der Waals surface area contributed by atoms with Crippen molar-refractivity contribution < 1.29 is 4.79 Å². The van der Waals surface area contributed by atoms with Gasteiger partial charge in [0.15, 0.2) is 11.0 Å². The highest BCUT2D eigenvalue weighted by molar-refractivity contribution is 7.98. The van der Waals surface area contributed by atoms with Crippen LogP contribution in [0.3, 0.4) is 0 Å². The third-order valence-corrected chi connectivity index (χ3v) is 6.29. The maximum atomic E-state index is 12.6. The fourth-order valence-electron chi connectivity index (χ4n) is 3.03. The number of fused-ring (bicyclic) bond motifs is 1. The van der Waals surface area contributed by atoms with Crippen molar-refractivity contribution in [3.8, 4) is 0 Å². The summed E-state index contributed by atoms with van der Waals surface area (Å²) in [6, 6.07) is 6.32. The molecule has 6 nitrogen and oxygen atoms in total. The minimum Gasteiger partial charge on any atom is -0.345 e. The van der Waals surface area contributed by atoms with Gasteiger partial charge in [0.2, 0.25) is 0 Å². The van der Waals surface area contributed by atoms with E-state index < -0.39 is 0 Å². The molecule has 0 unspecified atom stereocenters. The molecular formula is C17H19N5OS2. The fourth-order valence-corrected chi connectivity index (χ4v) is 4.70. The lowest BCUT2D eigenvalue weighted by molar-refractivity contribution is 0.0731. The van der Waals surface area contributed by atoms with E-state index in [2.05, 4.69) is 34.3 Å². The molecule has 0 bridgehead atoms. The number of carbonyl (C=O) groups excluding carboxylic acids is 1. The van der Waals surface area contributed by atoms with Crippen LogP contribution in [-0.2, 0) is 7.05 Å². The first-order chi connectivity index (χ1) is 12.2. The number of anilines is 1. The number of para-hydroxylation sites is 1. The third kappa shape index (κ3) is 3.00. The normalized spacial score (nSPS) is 15.1. The average molecular weight is 374 g/mol. The Bertz CT molecular complexity index is 911. The number of hydrogen-bond donors (Lipinski definition) is 0. The van der Waals surface area contributed by atoms with Crippen LogP contribution < -0.4 is 4.90 Å². The monoisotopic (exact) mass is 373 g/mol. The topological polar surface area (TPSA) is 54.3 Å². The van der Waals surface area contributed by atoms with E-state index in [1.54, 1.807) is 40.1 Å². The van der Waals surface area contributed by atoms with Crippen molar-refractivity contribution in [2.75, 3.05) is 37.3 Å². The molecule has 1 aromatic carbocycles. The van der Waals surface area contributed by atoms with Crippen LogP contribution in [0.5, 0.6) is 0 Å². The molecule has 0 aliphatic carbocycles. The number of carbonyl (C=O) groups is 1. The van der Waals surface area contributed by atoms with E-state index in [4.69, 9.17) is 4.98 Å². The minimum atomic E-state index is 0.00104. The van der Waals surface area contributed by atoms with Gasteiger partial charge in [-0.1, -0.05) is 17.4 Å². The number of aromatic nitrogens is 3. The van der Waals surface area contributed by atoms with Crippen LogP contribution in [0.4, 0.5) is 5.13 Å². The van der Waals surface area contributed by atoms with E-state index in [1.165, 1.54) is 9.60 Å². The number of nitrogens with zero attached hydrogens (tertiary/aromatic N) is 5. The smallest absolute Gasteiger partial charge is 0.289 e. The Morgan fingerprint density at radius 2 is 2.04 bits per heavy atom. The number of benzene rings is 1. The van der Waals surface area contributed by atoms with Gasteiger partial charge in [-0.2, -0.15) is 0 Å². The number of thiazole rings is 1. The molecule has 0 saturated carbocycles. The van der Waals surface area contributed by atoms with Crippen LogP contribution in [0.25, 0.3) is 10.2 Å². The Labute approximate surface area is 154 Å². The lowest BCUT2D eigenvalue weighted by atomic mass is 10.3. The molecule has 1 aliphatic heterocycles. The second-order valence-electron chi connectivity index (χ2n) is 5.94. The van der Waals surface area contributed by atoms with Crippen molar-refractivity contribution in [3.05, 3.63) is 36.4 Å². The predicted octanol–water partition coefficient (Wildman–Crippen LogP) is 2.71. The Morgan fingerprint density at radius 3 is 2.72 bits per heavy atom. The summed E-state index contributed by atoms with van der Waals surface area (Å²) in [6.45, 7) is 2.98. The first kappa shape index (κ1) is 16.4. The van der Waals surface area contributed by atoms with E-state index in [0.29, 0.717) is 18.9 Å². The van der Waals surface area contributed by atoms with E-state index in [9.17, 15) is 4.79 Å². The van der Waals surface area contributed by atoms with Crippen molar-refractivity contribution in [3.63, 3.8) is 0 Å². The van der Waals surface area contributed by atoms with Crippen molar-refractivity contribution in [2.45, 2.75) is 4.90 Å². The van der Waals surface area contributed by atoms with Crippen molar-refractivity contribution in [1.82, 2.24) is 19.4 Å². The third-order valence-electron chi connectivity index (χ3n) is 4.44. The molecular weight excluding hydrogens is 354 g/mol. The zero-order valence-corrected chi connectivity index (χ0v) is 15.8.